The molecule has 0 saturated carbocycles. The summed E-state index contributed by atoms with van der Waals surface area (Å²) in [5.74, 6) is 1.66. The Morgan fingerprint density at radius 3 is 2.42 bits per heavy atom. The first-order chi connectivity index (χ1) is 11.4. The highest BCUT2D eigenvalue weighted by Crippen LogP contribution is 2.24. The molecule has 4 nitrogen and oxygen atoms in total. The number of aliphatic imine (C=N–C) groups is 1. The molecule has 1 aromatic carbocycles. The molecule has 0 N–H and O–H groups in total. The van der Waals surface area contributed by atoms with Crippen molar-refractivity contribution in [3.05, 3.63) is 29.8 Å². The molecule has 0 aliphatic carbocycles. The summed E-state index contributed by atoms with van der Waals surface area (Å²) in [5, 5.41) is 0. The zero-order valence-electron chi connectivity index (χ0n) is 15.4. The van der Waals surface area contributed by atoms with Crippen molar-refractivity contribution in [3.63, 3.8) is 0 Å². The van der Waals surface area contributed by atoms with Gasteiger partial charge < -0.3 is 9.47 Å². The van der Waals surface area contributed by atoms with Gasteiger partial charge in [-0.3, -0.25) is 4.90 Å². The van der Waals surface area contributed by atoms with Crippen LogP contribution < -0.4 is 4.74 Å². The van der Waals surface area contributed by atoms with Crippen LogP contribution in [0.1, 0.15) is 52.5 Å². The summed E-state index contributed by atoms with van der Waals surface area (Å²) in [6.45, 7) is 11.4. The van der Waals surface area contributed by atoms with Crippen LogP contribution in [0.4, 0.5) is 0 Å². The molecule has 0 spiro atoms. The molecule has 4 heteroatoms. The molecule has 24 heavy (non-hydrogen) atoms. The molecule has 1 aromatic rings. The van der Waals surface area contributed by atoms with Gasteiger partial charge in [0.05, 0.1) is 12.1 Å². The van der Waals surface area contributed by atoms with Gasteiger partial charge in [0, 0.05) is 24.2 Å². The Morgan fingerprint density at radius 2 is 1.83 bits per heavy atom. The van der Waals surface area contributed by atoms with Crippen LogP contribution in [0, 0.1) is 0 Å². The van der Waals surface area contributed by atoms with E-state index in [1.54, 1.807) is 0 Å². The molecule has 0 aromatic heterocycles. The van der Waals surface area contributed by atoms with Crippen LogP contribution >= 0.6 is 0 Å². The first kappa shape index (κ1) is 17.3. The van der Waals surface area contributed by atoms with Crippen LogP contribution in [0.25, 0.3) is 0 Å². The molecule has 2 aliphatic heterocycles. The highest BCUT2D eigenvalue weighted by atomic mass is 16.5. The lowest BCUT2D eigenvalue weighted by Gasteiger charge is -2.25. The van der Waals surface area contributed by atoms with E-state index in [1.807, 2.05) is 24.3 Å². The van der Waals surface area contributed by atoms with Crippen molar-refractivity contribution in [2.75, 3.05) is 19.8 Å². The average molecular weight is 330 g/mol. The fourth-order valence-electron chi connectivity index (χ4n) is 3.55. The fraction of sp³-hybridized carbons (Fsp3) is 0.650. The van der Waals surface area contributed by atoms with Gasteiger partial charge in [0.1, 0.15) is 12.4 Å². The van der Waals surface area contributed by atoms with E-state index in [1.165, 1.54) is 12.8 Å². The summed E-state index contributed by atoms with van der Waals surface area (Å²) in [7, 11) is 0. The SMILES string of the molecule is CC1CCC(C)N1CCCOc1ccc(C2=NC(C)(C)CO2)cc1. The molecule has 1 fully saturated rings. The molecular formula is C20H30N2O2. The lowest BCUT2D eigenvalue weighted by Crippen LogP contribution is -2.34. The average Bonchev–Trinajstić information content (AvgIpc) is 3.07. The van der Waals surface area contributed by atoms with Gasteiger partial charge in [-0.05, 0) is 71.2 Å². The Balaban J connectivity index is 1.45. The maximum Gasteiger partial charge on any atom is 0.216 e. The minimum atomic E-state index is -0.117. The summed E-state index contributed by atoms with van der Waals surface area (Å²) in [6, 6.07) is 9.51. The van der Waals surface area contributed by atoms with Gasteiger partial charge in [0.2, 0.25) is 5.90 Å². The Kier molecular flexibility index (Phi) is 5.14. The maximum absolute atomic E-state index is 5.89. The molecule has 0 bridgehead atoms. The third kappa shape index (κ3) is 4.10. The smallest absolute Gasteiger partial charge is 0.216 e. The number of hydrogen-bond donors (Lipinski definition) is 0. The van der Waals surface area contributed by atoms with Gasteiger partial charge in [-0.25, -0.2) is 4.99 Å². The third-order valence-corrected chi connectivity index (χ3v) is 5.03. The van der Waals surface area contributed by atoms with E-state index in [0.29, 0.717) is 6.61 Å². The van der Waals surface area contributed by atoms with Gasteiger partial charge in [-0.2, -0.15) is 0 Å². The van der Waals surface area contributed by atoms with Gasteiger partial charge in [-0.15, -0.1) is 0 Å². The Labute approximate surface area is 145 Å². The van der Waals surface area contributed by atoms with E-state index in [0.717, 1.165) is 48.9 Å². The standard InChI is InChI=1S/C20H30N2O2/c1-15-6-7-16(2)22(15)12-5-13-23-18-10-8-17(9-11-18)19-21-20(3,4)14-24-19/h8-11,15-16H,5-7,12-14H2,1-4H3. The summed E-state index contributed by atoms with van der Waals surface area (Å²) >= 11 is 0. The second-order valence-corrected chi connectivity index (χ2v) is 7.76. The van der Waals surface area contributed by atoms with Crippen LogP contribution in [0.15, 0.2) is 29.3 Å². The predicted octanol–water partition coefficient (Wildman–Crippen LogP) is 3.88. The van der Waals surface area contributed by atoms with Crippen LogP contribution in [-0.4, -0.2) is 48.2 Å². The number of ether oxygens (including phenoxy) is 2. The fourth-order valence-corrected chi connectivity index (χ4v) is 3.55. The van der Waals surface area contributed by atoms with E-state index in [4.69, 9.17) is 9.47 Å². The van der Waals surface area contributed by atoms with Gasteiger partial charge in [-0.1, -0.05) is 0 Å². The van der Waals surface area contributed by atoms with E-state index in [2.05, 4.69) is 37.6 Å². The molecule has 2 unspecified atom stereocenters. The number of hydrogen-bond acceptors (Lipinski definition) is 4. The van der Waals surface area contributed by atoms with Crippen molar-refractivity contribution < 1.29 is 9.47 Å². The largest absolute Gasteiger partial charge is 0.494 e. The minimum absolute atomic E-state index is 0.117. The van der Waals surface area contributed by atoms with Gasteiger partial charge in [0.15, 0.2) is 0 Å². The van der Waals surface area contributed by atoms with E-state index in [9.17, 15) is 0 Å². The first-order valence-electron chi connectivity index (χ1n) is 9.16. The molecular weight excluding hydrogens is 300 g/mol. The van der Waals surface area contributed by atoms with E-state index in [-0.39, 0.29) is 5.54 Å². The van der Waals surface area contributed by atoms with Crippen molar-refractivity contribution in [2.45, 2.75) is 64.6 Å². The summed E-state index contributed by atoms with van der Waals surface area (Å²) < 4.78 is 11.6. The molecule has 0 radical (unpaired) electrons. The maximum atomic E-state index is 5.89. The van der Waals surface area contributed by atoms with Crippen molar-refractivity contribution >= 4 is 5.90 Å². The molecule has 0 amide bonds. The first-order valence-corrected chi connectivity index (χ1v) is 9.16. The van der Waals surface area contributed by atoms with Crippen molar-refractivity contribution in [3.8, 4) is 5.75 Å². The summed E-state index contributed by atoms with van der Waals surface area (Å²) in [4.78, 5) is 7.20. The monoisotopic (exact) mass is 330 g/mol. The quantitative estimate of drug-likeness (QED) is 0.742. The lowest BCUT2D eigenvalue weighted by atomic mass is 10.1. The molecule has 132 valence electrons. The van der Waals surface area contributed by atoms with E-state index < -0.39 is 0 Å². The molecule has 3 rings (SSSR count). The number of rotatable bonds is 6. The van der Waals surface area contributed by atoms with Crippen LogP contribution in [-0.2, 0) is 4.74 Å². The highest BCUT2D eigenvalue weighted by Gasteiger charge is 2.27. The van der Waals surface area contributed by atoms with E-state index >= 15 is 0 Å². The topological polar surface area (TPSA) is 34.1 Å². The Hall–Kier alpha value is -1.55. The zero-order valence-corrected chi connectivity index (χ0v) is 15.4. The van der Waals surface area contributed by atoms with Crippen LogP contribution in [0.2, 0.25) is 0 Å². The van der Waals surface area contributed by atoms with Gasteiger partial charge >= 0.3 is 0 Å². The molecule has 2 aliphatic rings. The Morgan fingerprint density at radius 1 is 1.17 bits per heavy atom. The summed E-state index contributed by atoms with van der Waals surface area (Å²) in [6.07, 6.45) is 3.72. The van der Waals surface area contributed by atoms with Crippen molar-refractivity contribution in [1.29, 1.82) is 0 Å². The number of nitrogens with zero attached hydrogens (tertiary/aromatic N) is 2. The lowest BCUT2D eigenvalue weighted by molar-refractivity contribution is 0.191. The predicted molar refractivity (Wildman–Crippen MR) is 98.0 cm³/mol. The number of likely N-dealkylation sites (tertiary alicyclic amines) is 1. The molecule has 1 saturated heterocycles. The highest BCUT2D eigenvalue weighted by molar-refractivity contribution is 5.95. The minimum Gasteiger partial charge on any atom is -0.494 e. The third-order valence-electron chi connectivity index (χ3n) is 5.03. The number of benzene rings is 1. The summed E-state index contributed by atoms with van der Waals surface area (Å²) in [5.41, 5.74) is 0.904. The van der Waals surface area contributed by atoms with Crippen LogP contribution in [0.3, 0.4) is 0 Å². The van der Waals surface area contributed by atoms with Crippen LogP contribution in [0.5, 0.6) is 5.75 Å². The normalized spacial score (nSPS) is 26.2. The van der Waals surface area contributed by atoms with Crippen molar-refractivity contribution in [2.24, 2.45) is 4.99 Å². The second-order valence-electron chi connectivity index (χ2n) is 7.76. The van der Waals surface area contributed by atoms with Crippen molar-refractivity contribution in [1.82, 2.24) is 4.90 Å². The Bertz CT molecular complexity index is 570. The second kappa shape index (κ2) is 7.14. The zero-order chi connectivity index (χ0) is 17.2. The van der Waals surface area contributed by atoms with Gasteiger partial charge in [0.25, 0.3) is 0 Å². The molecule has 2 atom stereocenters. The molecule has 2 heterocycles.